The molecule has 7 nitrogen and oxygen atoms in total. The van der Waals surface area contributed by atoms with Gasteiger partial charge in [0.25, 0.3) is 5.91 Å². The lowest BCUT2D eigenvalue weighted by atomic mass is 10.2. The average Bonchev–Trinajstić information content (AvgIpc) is 2.77. The molecule has 0 bridgehead atoms. The van der Waals surface area contributed by atoms with Crippen LogP contribution in [0.3, 0.4) is 0 Å². The molecule has 1 heterocycles. The maximum absolute atomic E-state index is 11.5. The number of hydrogen-bond acceptors (Lipinski definition) is 4. The van der Waals surface area contributed by atoms with E-state index in [0.717, 1.165) is 0 Å². The van der Waals surface area contributed by atoms with E-state index < -0.39 is 17.7 Å². The van der Waals surface area contributed by atoms with Crippen LogP contribution in [-0.4, -0.2) is 24.8 Å². The van der Waals surface area contributed by atoms with Crippen LogP contribution in [0.1, 0.15) is 10.6 Å². The van der Waals surface area contributed by atoms with Crippen LogP contribution in [0.25, 0.3) is 11.0 Å². The Kier molecular flexibility index (Phi) is 3.19. The van der Waals surface area contributed by atoms with Crippen molar-refractivity contribution in [2.75, 3.05) is 12.4 Å². The predicted octanol–water partition coefficient (Wildman–Crippen LogP) is 0.216. The zero-order chi connectivity index (χ0) is 14.0. The molecule has 0 unspecified atom stereocenters. The molecule has 0 spiro atoms. The number of likely N-dealkylation sites (N-methyl/N-ethyl adjacent to an activating group) is 1. The summed E-state index contributed by atoms with van der Waals surface area (Å²) in [6.45, 7) is 0. The molecular weight excluding hydrogens is 250 g/mol. The SMILES string of the molecule is CNC(=O)C(=O)Nc1c(C(N)=O)oc2ccccc12. The molecule has 0 aliphatic heterocycles. The van der Waals surface area contributed by atoms with E-state index >= 15 is 0 Å². The summed E-state index contributed by atoms with van der Waals surface area (Å²) in [5.74, 6) is -2.76. The fourth-order valence-electron chi connectivity index (χ4n) is 1.63. The van der Waals surface area contributed by atoms with Crippen molar-refractivity contribution in [1.82, 2.24) is 5.32 Å². The van der Waals surface area contributed by atoms with Crippen molar-refractivity contribution < 1.29 is 18.8 Å². The molecule has 0 fully saturated rings. The van der Waals surface area contributed by atoms with Crippen LogP contribution in [0, 0.1) is 0 Å². The van der Waals surface area contributed by atoms with Crippen molar-refractivity contribution in [3.8, 4) is 0 Å². The van der Waals surface area contributed by atoms with Gasteiger partial charge < -0.3 is 20.8 Å². The number of benzene rings is 1. The van der Waals surface area contributed by atoms with Gasteiger partial charge in [-0.15, -0.1) is 0 Å². The highest BCUT2D eigenvalue weighted by Gasteiger charge is 2.22. The van der Waals surface area contributed by atoms with Gasteiger partial charge in [0, 0.05) is 12.4 Å². The van der Waals surface area contributed by atoms with E-state index in [-0.39, 0.29) is 11.4 Å². The van der Waals surface area contributed by atoms with Crippen LogP contribution in [0.2, 0.25) is 0 Å². The number of nitrogens with one attached hydrogen (secondary N) is 2. The van der Waals surface area contributed by atoms with Gasteiger partial charge in [0.05, 0.1) is 0 Å². The van der Waals surface area contributed by atoms with Crippen molar-refractivity contribution in [3.05, 3.63) is 30.0 Å². The van der Waals surface area contributed by atoms with Crippen LogP contribution in [0.15, 0.2) is 28.7 Å². The molecule has 4 N–H and O–H groups in total. The Morgan fingerprint density at radius 2 is 1.84 bits per heavy atom. The molecule has 19 heavy (non-hydrogen) atoms. The molecule has 1 aromatic carbocycles. The van der Waals surface area contributed by atoms with Gasteiger partial charge in [0.1, 0.15) is 11.3 Å². The highest BCUT2D eigenvalue weighted by atomic mass is 16.3. The van der Waals surface area contributed by atoms with Crippen molar-refractivity contribution in [2.24, 2.45) is 5.73 Å². The molecule has 98 valence electrons. The first-order chi connectivity index (χ1) is 9.04. The van der Waals surface area contributed by atoms with Gasteiger partial charge in [-0.05, 0) is 12.1 Å². The Morgan fingerprint density at radius 1 is 1.16 bits per heavy atom. The van der Waals surface area contributed by atoms with E-state index in [4.69, 9.17) is 10.2 Å². The molecule has 2 aromatic rings. The van der Waals surface area contributed by atoms with Crippen LogP contribution in [-0.2, 0) is 9.59 Å². The fraction of sp³-hybridized carbons (Fsp3) is 0.0833. The van der Waals surface area contributed by atoms with Crippen molar-refractivity contribution in [1.29, 1.82) is 0 Å². The molecule has 0 saturated carbocycles. The molecule has 0 atom stereocenters. The van der Waals surface area contributed by atoms with Gasteiger partial charge in [0.2, 0.25) is 5.76 Å². The number of primary amides is 1. The maximum Gasteiger partial charge on any atom is 0.313 e. The van der Waals surface area contributed by atoms with E-state index in [0.29, 0.717) is 11.0 Å². The number of rotatable bonds is 2. The first-order valence-corrected chi connectivity index (χ1v) is 5.39. The summed E-state index contributed by atoms with van der Waals surface area (Å²) < 4.78 is 5.25. The second kappa shape index (κ2) is 4.81. The molecular formula is C12H11N3O4. The van der Waals surface area contributed by atoms with E-state index in [1.165, 1.54) is 7.05 Å². The molecule has 7 heteroatoms. The van der Waals surface area contributed by atoms with Crippen LogP contribution < -0.4 is 16.4 Å². The molecule has 0 radical (unpaired) electrons. The van der Waals surface area contributed by atoms with E-state index in [1.54, 1.807) is 24.3 Å². The van der Waals surface area contributed by atoms with Gasteiger partial charge in [-0.2, -0.15) is 0 Å². The lowest BCUT2D eigenvalue weighted by molar-refractivity contribution is -0.135. The third-order valence-corrected chi connectivity index (χ3v) is 2.49. The van der Waals surface area contributed by atoms with Gasteiger partial charge in [-0.3, -0.25) is 14.4 Å². The molecule has 0 aliphatic rings. The first kappa shape index (κ1) is 12.6. The van der Waals surface area contributed by atoms with Gasteiger partial charge in [-0.1, -0.05) is 12.1 Å². The zero-order valence-corrected chi connectivity index (χ0v) is 10.0. The van der Waals surface area contributed by atoms with E-state index in [2.05, 4.69) is 10.6 Å². The smallest absolute Gasteiger partial charge is 0.313 e. The number of fused-ring (bicyclic) bond motifs is 1. The second-order valence-corrected chi connectivity index (χ2v) is 3.70. The summed E-state index contributed by atoms with van der Waals surface area (Å²) in [6, 6.07) is 6.68. The highest BCUT2D eigenvalue weighted by molar-refractivity contribution is 6.40. The molecule has 3 amide bonds. The monoisotopic (exact) mass is 261 g/mol. The maximum atomic E-state index is 11.5. The first-order valence-electron chi connectivity index (χ1n) is 5.39. The molecule has 0 aliphatic carbocycles. The molecule has 1 aromatic heterocycles. The number of carbonyl (C=O) groups is 3. The van der Waals surface area contributed by atoms with Crippen LogP contribution in [0.5, 0.6) is 0 Å². The summed E-state index contributed by atoms with van der Waals surface area (Å²) in [7, 11) is 1.32. The quantitative estimate of drug-likeness (QED) is 0.670. The minimum Gasteiger partial charge on any atom is -0.449 e. The summed E-state index contributed by atoms with van der Waals surface area (Å²) in [6.07, 6.45) is 0. The van der Waals surface area contributed by atoms with Crippen LogP contribution >= 0.6 is 0 Å². The number of nitrogens with two attached hydrogens (primary N) is 1. The van der Waals surface area contributed by atoms with Crippen molar-refractivity contribution in [2.45, 2.75) is 0 Å². The van der Waals surface area contributed by atoms with E-state index in [1.807, 2.05) is 0 Å². The predicted molar refractivity (Wildman–Crippen MR) is 67.4 cm³/mol. The minimum atomic E-state index is -0.906. The van der Waals surface area contributed by atoms with Crippen molar-refractivity contribution in [3.63, 3.8) is 0 Å². The number of para-hydroxylation sites is 1. The topological polar surface area (TPSA) is 114 Å². The Morgan fingerprint density at radius 3 is 2.47 bits per heavy atom. The lowest BCUT2D eigenvalue weighted by Crippen LogP contribution is -2.33. The summed E-state index contributed by atoms with van der Waals surface area (Å²) >= 11 is 0. The Balaban J connectivity index is 2.51. The Bertz CT molecular complexity index is 675. The largest absolute Gasteiger partial charge is 0.449 e. The molecule has 0 saturated heterocycles. The van der Waals surface area contributed by atoms with Gasteiger partial charge >= 0.3 is 11.8 Å². The Hall–Kier alpha value is -2.83. The molecule has 2 rings (SSSR count). The average molecular weight is 261 g/mol. The minimum absolute atomic E-state index is 0.0942. The second-order valence-electron chi connectivity index (χ2n) is 3.70. The van der Waals surface area contributed by atoms with Gasteiger partial charge in [-0.25, -0.2) is 0 Å². The third kappa shape index (κ3) is 2.25. The van der Waals surface area contributed by atoms with E-state index in [9.17, 15) is 14.4 Å². The highest BCUT2D eigenvalue weighted by Crippen LogP contribution is 2.30. The standard InChI is InChI=1S/C12H11N3O4/c1-14-11(17)12(18)15-8-6-4-2-3-5-7(6)19-9(8)10(13)16/h2-5H,1H3,(H2,13,16)(H,14,17)(H,15,18). The van der Waals surface area contributed by atoms with Gasteiger partial charge in [0.15, 0.2) is 0 Å². The van der Waals surface area contributed by atoms with Crippen LogP contribution in [0.4, 0.5) is 5.69 Å². The number of amides is 3. The Labute approximate surface area is 107 Å². The number of furan rings is 1. The van der Waals surface area contributed by atoms with Crippen molar-refractivity contribution >= 4 is 34.4 Å². The normalized spacial score (nSPS) is 10.2. The number of carbonyl (C=O) groups excluding carboxylic acids is 3. The zero-order valence-electron chi connectivity index (χ0n) is 10.0. The summed E-state index contributed by atoms with van der Waals surface area (Å²) in [4.78, 5) is 34.0. The lowest BCUT2D eigenvalue weighted by Gasteiger charge is -2.03. The fourth-order valence-corrected chi connectivity index (χ4v) is 1.63. The summed E-state index contributed by atoms with van der Waals surface area (Å²) in [5.41, 5.74) is 5.66. The number of anilines is 1. The third-order valence-electron chi connectivity index (χ3n) is 2.49. The summed E-state index contributed by atoms with van der Waals surface area (Å²) in [5, 5.41) is 4.99. The number of hydrogen-bond donors (Lipinski definition) is 3.